The lowest BCUT2D eigenvalue weighted by molar-refractivity contribution is -0.159. The van der Waals surface area contributed by atoms with Crippen molar-refractivity contribution in [2.75, 3.05) is 12.0 Å². The summed E-state index contributed by atoms with van der Waals surface area (Å²) in [4.78, 5) is 57.9. The van der Waals surface area contributed by atoms with Crippen molar-refractivity contribution < 1.29 is 28.7 Å². The predicted molar refractivity (Wildman–Crippen MR) is 204 cm³/mol. The summed E-state index contributed by atoms with van der Waals surface area (Å²) < 4.78 is 11.3. The number of esters is 1. The van der Waals surface area contributed by atoms with E-state index in [-0.39, 0.29) is 6.42 Å². The van der Waals surface area contributed by atoms with Crippen LogP contribution in [0.2, 0.25) is 0 Å². The Morgan fingerprint density at radius 2 is 1.48 bits per heavy atom. The highest BCUT2D eigenvalue weighted by atomic mass is 32.2. The number of nitrogens with zero attached hydrogens (tertiary/aromatic N) is 1. The van der Waals surface area contributed by atoms with Crippen LogP contribution in [0.4, 0.5) is 4.79 Å². The Morgan fingerprint density at radius 3 is 2.04 bits per heavy atom. The van der Waals surface area contributed by atoms with E-state index in [0.29, 0.717) is 30.1 Å². The van der Waals surface area contributed by atoms with E-state index < -0.39 is 59.2 Å². The van der Waals surface area contributed by atoms with Gasteiger partial charge in [-0.25, -0.2) is 9.59 Å². The molecule has 4 atom stereocenters. The fraction of sp³-hybridized carbons (Fsp3) is 0.550. The summed E-state index contributed by atoms with van der Waals surface area (Å²) in [5, 5.41) is 5.79. The smallest absolute Gasteiger partial charge is 0.408 e. The first-order chi connectivity index (χ1) is 23.3. The second-order valence-electron chi connectivity index (χ2n) is 15.1. The molecule has 0 bridgehead atoms. The maximum absolute atomic E-state index is 14.9. The summed E-state index contributed by atoms with van der Waals surface area (Å²) in [6, 6.07) is 13.1. The van der Waals surface area contributed by atoms with Crippen molar-refractivity contribution >= 4 is 41.7 Å². The van der Waals surface area contributed by atoms with Crippen LogP contribution in [0.1, 0.15) is 104 Å². The van der Waals surface area contributed by atoms with Crippen LogP contribution in [-0.2, 0) is 30.3 Å². The summed E-state index contributed by atoms with van der Waals surface area (Å²) in [7, 11) is 0. The van der Waals surface area contributed by atoms with Gasteiger partial charge in [0.05, 0.1) is 0 Å². The van der Waals surface area contributed by atoms with Crippen LogP contribution in [-0.4, -0.2) is 70.1 Å². The van der Waals surface area contributed by atoms with E-state index in [1.165, 1.54) is 0 Å². The molecular formula is C40H59N3O6S. The number of amides is 3. The molecule has 0 heterocycles. The summed E-state index contributed by atoms with van der Waals surface area (Å²) >= 11 is 1.55. The number of hydrogen-bond acceptors (Lipinski definition) is 7. The SMILES string of the molecule is C=Cc1cccc(C(C(=O)NC(Cc2ccccc2)C(=O)OC(C)(C)C)N(C(=O)C(CCSC)NC(=O)OC(C)(C)C)C(C)CCC(C)C)c1. The number of rotatable bonds is 17. The minimum Gasteiger partial charge on any atom is -0.458 e. The molecule has 2 N–H and O–H groups in total. The van der Waals surface area contributed by atoms with Crippen LogP contribution in [0.3, 0.4) is 0 Å². The van der Waals surface area contributed by atoms with Gasteiger partial charge in [0.25, 0.3) is 0 Å². The van der Waals surface area contributed by atoms with E-state index in [2.05, 4.69) is 31.1 Å². The standard InChI is InChI=1S/C40H59N3O6S/c1-12-29-19-16-20-31(25-29)34(35(44)41-33(37(46)48-39(5,6)7)26-30-17-14-13-15-18-30)43(28(4)22-21-27(2)3)36(45)32(23-24-50-11)42-38(47)49-40(8,9)10/h12-20,25,27-28,32-34H,1,21-24,26H2,2-11H3,(H,41,44)(H,42,47). The normalized spacial score (nSPS) is 14.1. The molecule has 0 aliphatic rings. The molecule has 10 heteroatoms. The summed E-state index contributed by atoms with van der Waals surface area (Å²) in [6.45, 7) is 20.7. The van der Waals surface area contributed by atoms with E-state index in [1.807, 2.05) is 61.7 Å². The highest BCUT2D eigenvalue weighted by Crippen LogP contribution is 2.29. The third-order valence-corrected chi connectivity index (χ3v) is 8.41. The van der Waals surface area contributed by atoms with Gasteiger partial charge in [-0.2, -0.15) is 11.8 Å². The number of alkyl carbamates (subject to hydrolysis) is 1. The molecule has 2 aromatic carbocycles. The molecule has 2 rings (SSSR count). The van der Waals surface area contributed by atoms with Gasteiger partial charge in [0.15, 0.2) is 0 Å². The van der Waals surface area contributed by atoms with Gasteiger partial charge in [0.2, 0.25) is 11.8 Å². The average molecular weight is 710 g/mol. The Morgan fingerprint density at radius 1 is 0.840 bits per heavy atom. The lowest BCUT2D eigenvalue weighted by atomic mass is 9.95. The molecule has 0 spiro atoms. The summed E-state index contributed by atoms with van der Waals surface area (Å²) in [5.41, 5.74) is 0.588. The van der Waals surface area contributed by atoms with Crippen molar-refractivity contribution in [2.24, 2.45) is 5.92 Å². The zero-order valence-corrected chi connectivity index (χ0v) is 32.5. The van der Waals surface area contributed by atoms with Crippen molar-refractivity contribution in [3.63, 3.8) is 0 Å². The van der Waals surface area contributed by atoms with Crippen LogP contribution in [0.15, 0.2) is 61.2 Å². The third kappa shape index (κ3) is 14.6. The lowest BCUT2D eigenvalue weighted by Crippen LogP contribution is -2.57. The molecule has 0 aromatic heterocycles. The van der Waals surface area contributed by atoms with Crippen molar-refractivity contribution in [2.45, 2.75) is 123 Å². The second kappa shape index (κ2) is 19.6. The number of carbonyl (C=O) groups is 4. The van der Waals surface area contributed by atoms with Crippen molar-refractivity contribution in [3.05, 3.63) is 77.9 Å². The number of nitrogens with one attached hydrogen (secondary N) is 2. The van der Waals surface area contributed by atoms with Gasteiger partial charge in [-0.1, -0.05) is 75.0 Å². The van der Waals surface area contributed by atoms with Gasteiger partial charge < -0.3 is 25.0 Å². The highest BCUT2D eigenvalue weighted by molar-refractivity contribution is 7.98. The first kappa shape index (κ1) is 42.4. The summed E-state index contributed by atoms with van der Waals surface area (Å²) in [5.74, 6) is -0.601. The Hall–Kier alpha value is -3.79. The Balaban J connectivity index is 2.74. The largest absolute Gasteiger partial charge is 0.458 e. The topological polar surface area (TPSA) is 114 Å². The maximum atomic E-state index is 14.9. The van der Waals surface area contributed by atoms with Gasteiger partial charge in [-0.3, -0.25) is 9.59 Å². The van der Waals surface area contributed by atoms with Crippen LogP contribution < -0.4 is 10.6 Å². The molecular weight excluding hydrogens is 651 g/mol. The van der Waals surface area contributed by atoms with Crippen LogP contribution in [0, 0.1) is 5.92 Å². The Kier molecular flexibility index (Phi) is 16.6. The van der Waals surface area contributed by atoms with Gasteiger partial charge in [-0.15, -0.1) is 0 Å². The van der Waals surface area contributed by atoms with E-state index in [1.54, 1.807) is 70.3 Å². The molecule has 4 unspecified atom stereocenters. The first-order valence-corrected chi connectivity index (χ1v) is 18.8. The molecule has 0 radical (unpaired) electrons. The Bertz CT molecular complexity index is 1420. The fourth-order valence-electron chi connectivity index (χ4n) is 5.40. The zero-order valence-electron chi connectivity index (χ0n) is 31.7. The molecule has 3 amide bonds. The first-order valence-electron chi connectivity index (χ1n) is 17.4. The number of ether oxygens (including phenoxy) is 2. The molecule has 276 valence electrons. The van der Waals surface area contributed by atoms with Crippen molar-refractivity contribution in [1.29, 1.82) is 0 Å². The maximum Gasteiger partial charge on any atom is 0.408 e. The molecule has 0 saturated heterocycles. The average Bonchev–Trinajstić information content (AvgIpc) is 3.02. The third-order valence-electron chi connectivity index (χ3n) is 7.77. The quantitative estimate of drug-likeness (QED) is 0.162. The molecule has 9 nitrogen and oxygen atoms in total. The van der Waals surface area contributed by atoms with E-state index in [4.69, 9.17) is 9.47 Å². The highest BCUT2D eigenvalue weighted by Gasteiger charge is 2.40. The molecule has 0 aliphatic carbocycles. The van der Waals surface area contributed by atoms with Crippen LogP contribution in [0.25, 0.3) is 6.08 Å². The number of hydrogen-bond donors (Lipinski definition) is 2. The monoisotopic (exact) mass is 709 g/mol. The van der Waals surface area contributed by atoms with Gasteiger partial charge in [-0.05, 0) is 108 Å². The van der Waals surface area contributed by atoms with Gasteiger partial charge >= 0.3 is 12.1 Å². The fourth-order valence-corrected chi connectivity index (χ4v) is 5.87. The van der Waals surface area contributed by atoms with Gasteiger partial charge in [0.1, 0.15) is 29.3 Å². The van der Waals surface area contributed by atoms with Gasteiger partial charge in [0, 0.05) is 12.5 Å². The van der Waals surface area contributed by atoms with Crippen LogP contribution in [0.5, 0.6) is 0 Å². The second-order valence-corrected chi connectivity index (χ2v) is 16.1. The van der Waals surface area contributed by atoms with E-state index >= 15 is 0 Å². The predicted octanol–water partition coefficient (Wildman–Crippen LogP) is 7.74. The number of benzene rings is 2. The Labute approximate surface area is 304 Å². The number of thioether (sulfide) groups is 1. The minimum absolute atomic E-state index is 0.189. The lowest BCUT2D eigenvalue weighted by Gasteiger charge is -2.39. The molecule has 0 aliphatic heterocycles. The van der Waals surface area contributed by atoms with Crippen LogP contribution >= 0.6 is 11.8 Å². The van der Waals surface area contributed by atoms with E-state index in [9.17, 15) is 19.2 Å². The van der Waals surface area contributed by atoms with Crippen molar-refractivity contribution in [3.8, 4) is 0 Å². The number of carbonyl (C=O) groups excluding carboxylic acids is 4. The summed E-state index contributed by atoms with van der Waals surface area (Å²) in [6.07, 6.45) is 4.81. The zero-order chi connectivity index (χ0) is 37.6. The minimum atomic E-state index is -1.15. The molecule has 0 fully saturated rings. The van der Waals surface area contributed by atoms with E-state index in [0.717, 1.165) is 17.5 Å². The molecule has 2 aromatic rings. The molecule has 0 saturated carbocycles. The van der Waals surface area contributed by atoms with Crippen molar-refractivity contribution in [1.82, 2.24) is 15.5 Å². The molecule has 50 heavy (non-hydrogen) atoms.